The van der Waals surface area contributed by atoms with Gasteiger partial charge in [-0.25, -0.2) is 0 Å². The highest BCUT2D eigenvalue weighted by Crippen LogP contribution is 2.29. The standard InChI is InChI=1S/C16H20O4/c1-16(2,3)13(15(19)20)12(14(17)18)10-9-11-7-5-4-6-8-11/h4-8H,9-10H2,1-3H3,(H,17,18)(H,19,20)/p-2/b13-12-. The monoisotopic (exact) mass is 274 g/mol. The van der Waals surface area contributed by atoms with Crippen LogP contribution in [0.15, 0.2) is 41.5 Å². The number of carbonyl (C=O) groups is 2. The van der Waals surface area contributed by atoms with Gasteiger partial charge in [-0.1, -0.05) is 51.1 Å². The van der Waals surface area contributed by atoms with Gasteiger partial charge >= 0.3 is 0 Å². The van der Waals surface area contributed by atoms with Crippen LogP contribution < -0.4 is 10.2 Å². The van der Waals surface area contributed by atoms with Gasteiger partial charge in [0.05, 0.1) is 11.9 Å². The van der Waals surface area contributed by atoms with Gasteiger partial charge in [0.2, 0.25) is 0 Å². The lowest BCUT2D eigenvalue weighted by Gasteiger charge is -2.28. The van der Waals surface area contributed by atoms with E-state index < -0.39 is 17.4 Å². The predicted octanol–water partition coefficient (Wildman–Crippen LogP) is 0.462. The molecule has 0 aliphatic carbocycles. The molecule has 4 heteroatoms. The molecule has 0 radical (unpaired) electrons. The molecule has 0 N–H and O–H groups in total. The van der Waals surface area contributed by atoms with Crippen molar-refractivity contribution < 1.29 is 19.8 Å². The fourth-order valence-electron chi connectivity index (χ4n) is 2.13. The average molecular weight is 274 g/mol. The number of hydrogen-bond acceptors (Lipinski definition) is 4. The summed E-state index contributed by atoms with van der Waals surface area (Å²) in [4.78, 5) is 22.5. The molecule has 0 aromatic heterocycles. The van der Waals surface area contributed by atoms with Crippen molar-refractivity contribution in [2.24, 2.45) is 5.41 Å². The second-order valence-corrected chi connectivity index (χ2v) is 5.66. The Bertz CT molecular complexity index is 521. The van der Waals surface area contributed by atoms with Crippen molar-refractivity contribution in [3.8, 4) is 0 Å². The van der Waals surface area contributed by atoms with Gasteiger partial charge in [0, 0.05) is 0 Å². The number of carbonyl (C=O) groups excluding carboxylic acids is 2. The molecule has 1 aromatic rings. The molecule has 0 fully saturated rings. The van der Waals surface area contributed by atoms with Crippen molar-refractivity contribution in [2.75, 3.05) is 0 Å². The van der Waals surface area contributed by atoms with Crippen LogP contribution in [0.5, 0.6) is 0 Å². The van der Waals surface area contributed by atoms with Gasteiger partial charge in [0.15, 0.2) is 0 Å². The highest BCUT2D eigenvalue weighted by molar-refractivity contribution is 5.98. The quantitative estimate of drug-likeness (QED) is 0.731. The minimum Gasteiger partial charge on any atom is -0.545 e. The molecular weight excluding hydrogens is 256 g/mol. The minimum absolute atomic E-state index is 0.104. The first kappa shape index (κ1) is 16.0. The summed E-state index contributed by atoms with van der Waals surface area (Å²) in [5.74, 6) is -2.90. The van der Waals surface area contributed by atoms with E-state index in [0.717, 1.165) is 5.56 Å². The van der Waals surface area contributed by atoms with Gasteiger partial charge in [-0.2, -0.15) is 0 Å². The van der Waals surface area contributed by atoms with E-state index in [2.05, 4.69) is 0 Å². The third kappa shape index (κ3) is 4.23. The van der Waals surface area contributed by atoms with Gasteiger partial charge < -0.3 is 19.8 Å². The third-order valence-corrected chi connectivity index (χ3v) is 3.01. The normalized spacial score (nSPS) is 12.8. The third-order valence-electron chi connectivity index (χ3n) is 3.01. The molecule has 0 aliphatic rings. The van der Waals surface area contributed by atoms with Crippen molar-refractivity contribution >= 4 is 11.9 Å². The second-order valence-electron chi connectivity index (χ2n) is 5.66. The summed E-state index contributed by atoms with van der Waals surface area (Å²) in [6.07, 6.45) is 0.546. The van der Waals surface area contributed by atoms with Gasteiger partial charge in [-0.15, -0.1) is 0 Å². The Kier molecular flexibility index (Phi) is 5.08. The van der Waals surface area contributed by atoms with Crippen molar-refractivity contribution in [1.29, 1.82) is 0 Å². The van der Waals surface area contributed by atoms with Crippen molar-refractivity contribution in [2.45, 2.75) is 33.6 Å². The SMILES string of the molecule is CC(C)(C)/C(C(=O)[O-])=C(/CCc1ccccc1)C(=O)[O-]. The lowest BCUT2D eigenvalue weighted by atomic mass is 9.82. The number of carboxylic acids is 2. The highest BCUT2D eigenvalue weighted by Gasteiger charge is 2.22. The minimum atomic E-state index is -1.45. The second kappa shape index (κ2) is 6.37. The number of hydrogen-bond donors (Lipinski definition) is 0. The lowest BCUT2D eigenvalue weighted by Crippen LogP contribution is -2.36. The van der Waals surface area contributed by atoms with Crippen LogP contribution in [0.1, 0.15) is 32.8 Å². The summed E-state index contributed by atoms with van der Waals surface area (Å²) >= 11 is 0. The molecule has 0 spiro atoms. The summed E-state index contributed by atoms with van der Waals surface area (Å²) in [6.45, 7) is 4.93. The first-order valence-corrected chi connectivity index (χ1v) is 6.43. The fraction of sp³-hybridized carbons (Fsp3) is 0.375. The summed E-state index contributed by atoms with van der Waals surface area (Å²) in [7, 11) is 0. The molecule has 1 rings (SSSR count). The fourth-order valence-corrected chi connectivity index (χ4v) is 2.13. The van der Waals surface area contributed by atoms with E-state index >= 15 is 0 Å². The van der Waals surface area contributed by atoms with Crippen LogP contribution in [0.4, 0.5) is 0 Å². The molecule has 0 saturated carbocycles. The number of aryl methyl sites for hydroxylation is 1. The molecule has 0 saturated heterocycles. The average Bonchev–Trinajstić information content (AvgIpc) is 2.33. The Morgan fingerprint density at radius 1 is 1.00 bits per heavy atom. The van der Waals surface area contributed by atoms with Gasteiger partial charge in [0.1, 0.15) is 0 Å². The predicted molar refractivity (Wildman–Crippen MR) is 71.3 cm³/mol. The van der Waals surface area contributed by atoms with Crippen LogP contribution in [-0.2, 0) is 16.0 Å². The summed E-state index contributed by atoms with van der Waals surface area (Å²) < 4.78 is 0. The molecule has 108 valence electrons. The van der Waals surface area contributed by atoms with Crippen molar-refractivity contribution in [3.05, 3.63) is 47.0 Å². The maximum absolute atomic E-state index is 11.3. The maximum atomic E-state index is 11.3. The van der Waals surface area contributed by atoms with E-state index in [0.29, 0.717) is 6.42 Å². The van der Waals surface area contributed by atoms with E-state index in [1.165, 1.54) is 0 Å². The maximum Gasteiger partial charge on any atom is 0.0683 e. The van der Waals surface area contributed by atoms with Gasteiger partial charge in [-0.05, 0) is 35.0 Å². The summed E-state index contributed by atoms with van der Waals surface area (Å²) in [5, 5.41) is 22.5. The molecule has 1 aromatic carbocycles. The molecular formula is C16H18O4-2. The smallest absolute Gasteiger partial charge is 0.0683 e. The lowest BCUT2D eigenvalue weighted by molar-refractivity contribution is -0.305. The largest absolute Gasteiger partial charge is 0.545 e. The van der Waals surface area contributed by atoms with Crippen LogP contribution >= 0.6 is 0 Å². The van der Waals surface area contributed by atoms with Crippen LogP contribution in [0.2, 0.25) is 0 Å². The summed E-state index contributed by atoms with van der Waals surface area (Å²) in [6, 6.07) is 9.29. The van der Waals surface area contributed by atoms with E-state index in [1.807, 2.05) is 30.3 Å². The molecule has 20 heavy (non-hydrogen) atoms. The first-order valence-electron chi connectivity index (χ1n) is 6.43. The van der Waals surface area contributed by atoms with Gasteiger partial charge in [-0.3, -0.25) is 0 Å². The first-order chi connectivity index (χ1) is 9.23. The topological polar surface area (TPSA) is 80.3 Å². The molecule has 0 atom stereocenters. The molecule has 0 unspecified atom stereocenters. The van der Waals surface area contributed by atoms with Crippen LogP contribution in [0.25, 0.3) is 0 Å². The van der Waals surface area contributed by atoms with E-state index in [9.17, 15) is 19.8 Å². The molecule has 0 heterocycles. The summed E-state index contributed by atoms with van der Waals surface area (Å²) in [5.41, 5.74) is -0.266. The molecule has 0 aliphatic heterocycles. The zero-order chi connectivity index (χ0) is 15.3. The number of carboxylic acid groups (broad SMARTS) is 2. The molecule has 4 nitrogen and oxygen atoms in total. The molecule has 0 bridgehead atoms. The Hall–Kier alpha value is -2.10. The van der Waals surface area contributed by atoms with Crippen molar-refractivity contribution in [1.82, 2.24) is 0 Å². The van der Waals surface area contributed by atoms with Crippen LogP contribution in [0, 0.1) is 5.41 Å². The Labute approximate surface area is 118 Å². The number of rotatable bonds is 5. The zero-order valence-corrected chi connectivity index (χ0v) is 11.9. The number of benzene rings is 1. The van der Waals surface area contributed by atoms with Crippen LogP contribution in [0.3, 0.4) is 0 Å². The Morgan fingerprint density at radius 2 is 1.55 bits per heavy atom. The van der Waals surface area contributed by atoms with E-state index in [1.54, 1.807) is 20.8 Å². The van der Waals surface area contributed by atoms with E-state index in [4.69, 9.17) is 0 Å². The van der Waals surface area contributed by atoms with Crippen LogP contribution in [-0.4, -0.2) is 11.9 Å². The van der Waals surface area contributed by atoms with Crippen molar-refractivity contribution in [3.63, 3.8) is 0 Å². The zero-order valence-electron chi connectivity index (χ0n) is 11.9. The molecule has 0 amide bonds. The van der Waals surface area contributed by atoms with Gasteiger partial charge in [0.25, 0.3) is 0 Å². The Balaban J connectivity index is 3.10. The number of aliphatic carboxylic acids is 2. The highest BCUT2D eigenvalue weighted by atomic mass is 16.4. The Morgan fingerprint density at radius 3 is 1.95 bits per heavy atom. The van der Waals surface area contributed by atoms with E-state index in [-0.39, 0.29) is 17.6 Å².